The molecule has 1 unspecified atom stereocenters. The van der Waals surface area contributed by atoms with E-state index in [4.69, 9.17) is 9.47 Å². The molecule has 5 heteroatoms. The number of likely N-dealkylation sites (tertiary alicyclic amines) is 1. The molecule has 0 aromatic heterocycles. The summed E-state index contributed by atoms with van der Waals surface area (Å²) in [6.45, 7) is 10.1. The molecule has 1 N–H and O–H groups in total. The van der Waals surface area contributed by atoms with E-state index < -0.39 is 0 Å². The first-order valence-electron chi connectivity index (χ1n) is 9.93. The van der Waals surface area contributed by atoms with Crippen molar-refractivity contribution < 1.29 is 9.47 Å². The maximum Gasteiger partial charge on any atom is 0.193 e. The first-order valence-corrected chi connectivity index (χ1v) is 9.93. The third kappa shape index (κ3) is 6.52. The van der Waals surface area contributed by atoms with E-state index in [0.717, 1.165) is 57.2 Å². The Balaban J connectivity index is 1.74. The molecular formula is C21H35N3O2. The highest BCUT2D eigenvalue weighted by atomic mass is 16.5. The van der Waals surface area contributed by atoms with Gasteiger partial charge in [-0.3, -0.25) is 4.99 Å². The molecule has 146 valence electrons. The Morgan fingerprint density at radius 1 is 1.23 bits per heavy atom. The minimum atomic E-state index is 0.287. The summed E-state index contributed by atoms with van der Waals surface area (Å²) in [5.41, 5.74) is 0. The van der Waals surface area contributed by atoms with Crippen molar-refractivity contribution in [2.75, 3.05) is 33.3 Å². The number of guanidine groups is 1. The lowest BCUT2D eigenvalue weighted by molar-refractivity contribution is 0.0257. The van der Waals surface area contributed by atoms with Crippen LogP contribution < -0.4 is 10.1 Å². The highest BCUT2D eigenvalue weighted by Gasteiger charge is 2.23. The lowest BCUT2D eigenvalue weighted by Crippen LogP contribution is -2.48. The second-order valence-electron chi connectivity index (χ2n) is 7.12. The summed E-state index contributed by atoms with van der Waals surface area (Å²) < 4.78 is 11.9. The van der Waals surface area contributed by atoms with Crippen LogP contribution in [0.5, 0.6) is 5.75 Å². The molecule has 0 aliphatic carbocycles. The number of benzene rings is 1. The maximum absolute atomic E-state index is 6.08. The zero-order valence-corrected chi connectivity index (χ0v) is 16.8. The van der Waals surface area contributed by atoms with Crippen LogP contribution in [-0.4, -0.2) is 56.4 Å². The topological polar surface area (TPSA) is 46.1 Å². The number of hydrogen-bond donors (Lipinski definition) is 1. The number of nitrogens with one attached hydrogen (secondary N) is 1. The predicted molar refractivity (Wildman–Crippen MR) is 108 cm³/mol. The molecule has 0 spiro atoms. The van der Waals surface area contributed by atoms with Gasteiger partial charge in [0, 0.05) is 46.1 Å². The van der Waals surface area contributed by atoms with E-state index in [1.165, 1.54) is 0 Å². The van der Waals surface area contributed by atoms with Crippen molar-refractivity contribution >= 4 is 5.96 Å². The van der Waals surface area contributed by atoms with Crippen molar-refractivity contribution in [1.82, 2.24) is 10.2 Å². The van der Waals surface area contributed by atoms with Gasteiger partial charge < -0.3 is 19.7 Å². The van der Waals surface area contributed by atoms with Gasteiger partial charge in [-0.2, -0.15) is 0 Å². The van der Waals surface area contributed by atoms with Gasteiger partial charge >= 0.3 is 0 Å². The van der Waals surface area contributed by atoms with E-state index in [1.54, 1.807) is 0 Å². The van der Waals surface area contributed by atoms with Crippen LogP contribution in [-0.2, 0) is 4.74 Å². The first kappa shape index (κ1) is 20.6. The zero-order valence-electron chi connectivity index (χ0n) is 16.8. The van der Waals surface area contributed by atoms with Gasteiger partial charge in [0.25, 0.3) is 0 Å². The fourth-order valence-corrected chi connectivity index (χ4v) is 3.36. The summed E-state index contributed by atoms with van der Waals surface area (Å²) in [5, 5.41) is 3.50. The Kier molecular flexibility index (Phi) is 8.75. The van der Waals surface area contributed by atoms with E-state index >= 15 is 0 Å². The molecule has 1 aliphatic rings. The number of aliphatic imine (C=N–C) groups is 1. The largest absolute Gasteiger partial charge is 0.490 e. The van der Waals surface area contributed by atoms with Gasteiger partial charge in [0.05, 0.1) is 6.10 Å². The van der Waals surface area contributed by atoms with Gasteiger partial charge in [0.15, 0.2) is 5.96 Å². The molecule has 1 fully saturated rings. The molecule has 0 amide bonds. The van der Waals surface area contributed by atoms with Crippen LogP contribution in [0.4, 0.5) is 0 Å². The summed E-state index contributed by atoms with van der Waals surface area (Å²) in [6.07, 6.45) is 3.62. The average Bonchev–Trinajstić information content (AvgIpc) is 2.66. The summed E-state index contributed by atoms with van der Waals surface area (Å²) in [7, 11) is 1.86. The molecule has 2 rings (SSSR count). The fraction of sp³-hybridized carbons (Fsp3) is 0.667. The highest BCUT2D eigenvalue weighted by molar-refractivity contribution is 5.79. The van der Waals surface area contributed by atoms with Crippen LogP contribution in [0, 0.1) is 5.92 Å². The molecule has 1 heterocycles. The van der Waals surface area contributed by atoms with E-state index in [9.17, 15) is 0 Å². The molecule has 0 saturated carbocycles. The Labute approximate surface area is 158 Å². The Morgan fingerprint density at radius 3 is 2.50 bits per heavy atom. The SMILES string of the molecule is CCOC(CCNC(=NC)N1CCC(Oc2ccccc2)CC1)C(C)C. The lowest BCUT2D eigenvalue weighted by Gasteiger charge is -2.34. The summed E-state index contributed by atoms with van der Waals surface area (Å²) in [4.78, 5) is 6.79. The van der Waals surface area contributed by atoms with Crippen LogP contribution >= 0.6 is 0 Å². The van der Waals surface area contributed by atoms with Gasteiger partial charge in [-0.15, -0.1) is 0 Å². The van der Waals surface area contributed by atoms with Gasteiger partial charge in [-0.25, -0.2) is 0 Å². The van der Waals surface area contributed by atoms with Crippen molar-refractivity contribution in [3.05, 3.63) is 30.3 Å². The number of para-hydroxylation sites is 1. The molecule has 1 aromatic carbocycles. The third-order valence-corrected chi connectivity index (χ3v) is 4.84. The van der Waals surface area contributed by atoms with Crippen molar-refractivity contribution in [3.8, 4) is 5.75 Å². The van der Waals surface area contributed by atoms with Crippen LogP contribution in [0.15, 0.2) is 35.3 Å². The summed E-state index contributed by atoms with van der Waals surface area (Å²) in [5.74, 6) is 2.48. The van der Waals surface area contributed by atoms with Gasteiger partial charge in [-0.05, 0) is 31.4 Å². The number of piperidine rings is 1. The summed E-state index contributed by atoms with van der Waals surface area (Å²) >= 11 is 0. The van der Waals surface area contributed by atoms with E-state index in [1.807, 2.05) is 37.4 Å². The molecule has 1 saturated heterocycles. The van der Waals surface area contributed by atoms with Crippen molar-refractivity contribution in [3.63, 3.8) is 0 Å². The Morgan fingerprint density at radius 2 is 1.92 bits per heavy atom. The highest BCUT2D eigenvalue weighted by Crippen LogP contribution is 2.18. The molecule has 0 bridgehead atoms. The van der Waals surface area contributed by atoms with Crippen LogP contribution in [0.3, 0.4) is 0 Å². The minimum Gasteiger partial charge on any atom is -0.490 e. The van der Waals surface area contributed by atoms with Crippen molar-refractivity contribution in [1.29, 1.82) is 0 Å². The van der Waals surface area contributed by atoms with E-state index in [2.05, 4.69) is 36.0 Å². The Hall–Kier alpha value is -1.75. The third-order valence-electron chi connectivity index (χ3n) is 4.84. The number of nitrogens with zero attached hydrogens (tertiary/aromatic N) is 2. The van der Waals surface area contributed by atoms with Gasteiger partial charge in [0.2, 0.25) is 0 Å². The monoisotopic (exact) mass is 361 g/mol. The quantitative estimate of drug-likeness (QED) is 0.568. The molecule has 0 radical (unpaired) electrons. The number of rotatable bonds is 8. The fourth-order valence-electron chi connectivity index (χ4n) is 3.36. The molecule has 1 aromatic rings. The van der Waals surface area contributed by atoms with Crippen molar-refractivity contribution in [2.45, 2.75) is 52.2 Å². The smallest absolute Gasteiger partial charge is 0.193 e. The molecule has 1 atom stereocenters. The van der Waals surface area contributed by atoms with Crippen LogP contribution in [0.2, 0.25) is 0 Å². The average molecular weight is 362 g/mol. The number of hydrogen-bond acceptors (Lipinski definition) is 3. The summed E-state index contributed by atoms with van der Waals surface area (Å²) in [6, 6.07) is 10.1. The maximum atomic E-state index is 6.08. The normalized spacial score (nSPS) is 17.4. The van der Waals surface area contributed by atoms with E-state index in [-0.39, 0.29) is 6.10 Å². The number of ether oxygens (including phenoxy) is 2. The lowest BCUT2D eigenvalue weighted by atomic mass is 10.0. The first-order chi connectivity index (χ1) is 12.6. The van der Waals surface area contributed by atoms with Gasteiger partial charge in [-0.1, -0.05) is 32.0 Å². The predicted octanol–water partition coefficient (Wildman–Crippen LogP) is 3.56. The molecule has 5 nitrogen and oxygen atoms in total. The van der Waals surface area contributed by atoms with E-state index in [0.29, 0.717) is 12.0 Å². The minimum absolute atomic E-state index is 0.287. The van der Waals surface area contributed by atoms with Crippen LogP contribution in [0.25, 0.3) is 0 Å². The molecule has 1 aliphatic heterocycles. The Bertz CT molecular complexity index is 525. The van der Waals surface area contributed by atoms with Crippen LogP contribution in [0.1, 0.15) is 40.0 Å². The zero-order chi connectivity index (χ0) is 18.8. The second kappa shape index (κ2) is 11.1. The molecular weight excluding hydrogens is 326 g/mol. The molecule has 26 heavy (non-hydrogen) atoms. The standard InChI is InChI=1S/C21H35N3O2/c1-5-25-20(17(2)3)11-14-23-21(22-4)24-15-12-19(13-16-24)26-18-9-7-6-8-10-18/h6-10,17,19-20H,5,11-16H2,1-4H3,(H,22,23). The van der Waals surface area contributed by atoms with Crippen molar-refractivity contribution in [2.24, 2.45) is 10.9 Å². The second-order valence-corrected chi connectivity index (χ2v) is 7.12. The van der Waals surface area contributed by atoms with Gasteiger partial charge in [0.1, 0.15) is 11.9 Å².